The Morgan fingerprint density at radius 2 is 1.86 bits per heavy atom. The Balaban J connectivity index is 1.29. The lowest BCUT2D eigenvalue weighted by molar-refractivity contribution is 0.454. The molecule has 0 spiro atoms. The molecule has 2 saturated heterocycles. The van der Waals surface area contributed by atoms with Crippen LogP contribution in [-0.2, 0) is 6.54 Å². The molecular weight excluding hydrogens is 355 g/mol. The topological polar surface area (TPSA) is 55.5 Å². The number of aromatic nitrogens is 1. The number of pyridine rings is 1. The highest BCUT2D eigenvalue weighted by Crippen LogP contribution is 2.20. The van der Waals surface area contributed by atoms with Crippen LogP contribution in [-0.4, -0.2) is 50.3 Å². The SMILES string of the molecule is CC1NNCC1CNCc1ccnc(N2CCN(c3ccc(F)cc3)CC2)c1. The molecule has 28 heavy (non-hydrogen) atoms. The quantitative estimate of drug-likeness (QED) is 0.706. The molecule has 7 heteroatoms. The monoisotopic (exact) mass is 384 g/mol. The summed E-state index contributed by atoms with van der Waals surface area (Å²) in [7, 11) is 0. The van der Waals surface area contributed by atoms with E-state index < -0.39 is 0 Å². The van der Waals surface area contributed by atoms with Crippen molar-refractivity contribution < 1.29 is 4.39 Å². The molecule has 0 bridgehead atoms. The number of benzene rings is 1. The van der Waals surface area contributed by atoms with Crippen molar-refractivity contribution in [2.75, 3.05) is 49.1 Å². The van der Waals surface area contributed by atoms with Crippen LogP contribution in [0.15, 0.2) is 42.6 Å². The maximum absolute atomic E-state index is 13.1. The third-order valence-electron chi connectivity index (χ3n) is 5.74. The Hall–Kier alpha value is -2.22. The minimum Gasteiger partial charge on any atom is -0.368 e. The lowest BCUT2D eigenvalue weighted by atomic mass is 10.0. The second kappa shape index (κ2) is 8.86. The van der Waals surface area contributed by atoms with E-state index in [9.17, 15) is 4.39 Å². The van der Waals surface area contributed by atoms with Crippen LogP contribution in [0, 0.1) is 11.7 Å². The first kappa shape index (κ1) is 19.1. The van der Waals surface area contributed by atoms with Gasteiger partial charge in [0.1, 0.15) is 11.6 Å². The van der Waals surface area contributed by atoms with E-state index in [-0.39, 0.29) is 5.82 Å². The number of nitrogens with zero attached hydrogens (tertiary/aromatic N) is 3. The zero-order valence-corrected chi connectivity index (χ0v) is 16.4. The van der Waals surface area contributed by atoms with Crippen LogP contribution in [0.1, 0.15) is 12.5 Å². The van der Waals surface area contributed by atoms with Gasteiger partial charge >= 0.3 is 0 Å². The highest BCUT2D eigenvalue weighted by Gasteiger charge is 2.22. The van der Waals surface area contributed by atoms with Crippen LogP contribution in [0.4, 0.5) is 15.9 Å². The Morgan fingerprint density at radius 1 is 1.11 bits per heavy atom. The second-order valence-corrected chi connectivity index (χ2v) is 7.68. The summed E-state index contributed by atoms with van der Waals surface area (Å²) in [6, 6.07) is 11.5. The van der Waals surface area contributed by atoms with Gasteiger partial charge in [-0.1, -0.05) is 0 Å². The maximum atomic E-state index is 13.1. The first-order valence-electron chi connectivity index (χ1n) is 10.1. The zero-order valence-electron chi connectivity index (χ0n) is 16.4. The third-order valence-corrected chi connectivity index (χ3v) is 5.74. The molecule has 1 aromatic heterocycles. The molecule has 0 aliphatic carbocycles. The van der Waals surface area contributed by atoms with E-state index in [0.29, 0.717) is 12.0 Å². The molecule has 2 aliphatic heterocycles. The van der Waals surface area contributed by atoms with Crippen LogP contribution in [0.5, 0.6) is 0 Å². The van der Waals surface area contributed by atoms with Gasteiger partial charge in [-0.25, -0.2) is 9.37 Å². The number of halogens is 1. The number of rotatable bonds is 6. The summed E-state index contributed by atoms with van der Waals surface area (Å²) in [5.74, 6) is 1.46. The molecule has 2 atom stereocenters. The number of piperazine rings is 1. The first-order valence-corrected chi connectivity index (χ1v) is 10.1. The van der Waals surface area contributed by atoms with Crippen LogP contribution in [0.25, 0.3) is 0 Å². The number of hydrogen-bond acceptors (Lipinski definition) is 6. The fourth-order valence-corrected chi connectivity index (χ4v) is 3.89. The molecule has 2 aromatic rings. The summed E-state index contributed by atoms with van der Waals surface area (Å²) in [6.45, 7) is 8.72. The minimum atomic E-state index is -0.188. The van der Waals surface area contributed by atoms with Gasteiger partial charge in [-0.2, -0.15) is 0 Å². The molecule has 0 radical (unpaired) electrons. The van der Waals surface area contributed by atoms with Gasteiger partial charge in [0.25, 0.3) is 0 Å². The van der Waals surface area contributed by atoms with Gasteiger partial charge in [-0.3, -0.25) is 10.9 Å². The zero-order chi connectivity index (χ0) is 19.3. The van der Waals surface area contributed by atoms with E-state index in [1.165, 1.54) is 17.7 Å². The van der Waals surface area contributed by atoms with Gasteiger partial charge < -0.3 is 15.1 Å². The molecule has 6 nitrogen and oxygen atoms in total. The van der Waals surface area contributed by atoms with E-state index in [0.717, 1.165) is 57.3 Å². The van der Waals surface area contributed by atoms with Crippen molar-refractivity contribution in [3.8, 4) is 0 Å². The lowest BCUT2D eigenvalue weighted by Gasteiger charge is -2.36. The molecule has 2 fully saturated rings. The van der Waals surface area contributed by atoms with Crippen molar-refractivity contribution in [2.24, 2.45) is 5.92 Å². The van der Waals surface area contributed by atoms with Crippen LogP contribution in [0.3, 0.4) is 0 Å². The normalized spacial score (nSPS) is 22.6. The number of hydrazine groups is 1. The van der Waals surface area contributed by atoms with Gasteiger partial charge in [0.15, 0.2) is 0 Å². The largest absolute Gasteiger partial charge is 0.368 e. The fraction of sp³-hybridized carbons (Fsp3) is 0.476. The number of nitrogens with one attached hydrogen (secondary N) is 3. The van der Waals surface area contributed by atoms with Gasteiger partial charge in [0.05, 0.1) is 0 Å². The van der Waals surface area contributed by atoms with E-state index in [4.69, 9.17) is 0 Å². The van der Waals surface area contributed by atoms with Gasteiger partial charge in [-0.15, -0.1) is 0 Å². The van der Waals surface area contributed by atoms with Gasteiger partial charge in [-0.05, 0) is 48.9 Å². The molecule has 3 N–H and O–H groups in total. The summed E-state index contributed by atoms with van der Waals surface area (Å²) >= 11 is 0. The van der Waals surface area contributed by atoms with Crippen molar-refractivity contribution in [1.29, 1.82) is 0 Å². The van der Waals surface area contributed by atoms with Crippen molar-refractivity contribution in [3.05, 3.63) is 54.0 Å². The Morgan fingerprint density at radius 3 is 2.57 bits per heavy atom. The Bertz CT molecular complexity index is 760. The molecular formula is C21H29FN6. The average Bonchev–Trinajstić information content (AvgIpc) is 3.14. The molecule has 3 heterocycles. The standard InChI is InChI=1S/C21H29FN6/c1-16-18(15-25-26-16)14-23-13-17-6-7-24-21(12-17)28-10-8-27(9-11-28)20-4-2-19(22)3-5-20/h2-7,12,16,18,23,25-26H,8-11,13-15H2,1H3. The predicted octanol–water partition coefficient (Wildman–Crippen LogP) is 1.75. The molecule has 2 unspecified atom stereocenters. The minimum absolute atomic E-state index is 0.188. The lowest BCUT2D eigenvalue weighted by Crippen LogP contribution is -2.46. The summed E-state index contributed by atoms with van der Waals surface area (Å²) < 4.78 is 13.1. The molecule has 0 saturated carbocycles. The van der Waals surface area contributed by atoms with Crippen molar-refractivity contribution in [2.45, 2.75) is 19.5 Å². The molecule has 0 amide bonds. The molecule has 150 valence electrons. The highest BCUT2D eigenvalue weighted by atomic mass is 19.1. The Labute approximate surface area is 166 Å². The average molecular weight is 385 g/mol. The van der Waals surface area contributed by atoms with E-state index in [1.54, 1.807) is 0 Å². The Kier molecular flexibility index (Phi) is 6.04. The van der Waals surface area contributed by atoms with Crippen LogP contribution < -0.4 is 26.0 Å². The van der Waals surface area contributed by atoms with Crippen molar-refractivity contribution in [3.63, 3.8) is 0 Å². The summed E-state index contributed by atoms with van der Waals surface area (Å²) in [5.41, 5.74) is 8.81. The molecule has 4 rings (SSSR count). The molecule has 2 aliphatic rings. The predicted molar refractivity (Wildman–Crippen MR) is 111 cm³/mol. The smallest absolute Gasteiger partial charge is 0.128 e. The summed E-state index contributed by atoms with van der Waals surface area (Å²) in [6.07, 6.45) is 1.90. The van der Waals surface area contributed by atoms with Crippen molar-refractivity contribution in [1.82, 2.24) is 21.2 Å². The van der Waals surface area contributed by atoms with Gasteiger partial charge in [0, 0.05) is 69.7 Å². The van der Waals surface area contributed by atoms with Crippen LogP contribution in [0.2, 0.25) is 0 Å². The summed E-state index contributed by atoms with van der Waals surface area (Å²) in [5, 5.41) is 3.57. The third kappa shape index (κ3) is 4.60. The van der Waals surface area contributed by atoms with Crippen LogP contribution >= 0.6 is 0 Å². The van der Waals surface area contributed by atoms with E-state index >= 15 is 0 Å². The second-order valence-electron chi connectivity index (χ2n) is 7.68. The maximum Gasteiger partial charge on any atom is 0.128 e. The fourth-order valence-electron chi connectivity index (χ4n) is 3.89. The number of anilines is 2. The van der Waals surface area contributed by atoms with E-state index in [1.807, 2.05) is 18.3 Å². The highest BCUT2D eigenvalue weighted by molar-refractivity contribution is 5.49. The summed E-state index contributed by atoms with van der Waals surface area (Å²) in [4.78, 5) is 9.21. The number of hydrogen-bond donors (Lipinski definition) is 3. The first-order chi connectivity index (χ1) is 13.7. The van der Waals surface area contributed by atoms with E-state index in [2.05, 4.69) is 50.0 Å². The van der Waals surface area contributed by atoms with Gasteiger partial charge in [0.2, 0.25) is 0 Å². The van der Waals surface area contributed by atoms with Crippen molar-refractivity contribution >= 4 is 11.5 Å². The molecule has 1 aromatic carbocycles.